The molecular weight excluding hydrogens is 359 g/mol. The van der Waals surface area contributed by atoms with Crippen molar-refractivity contribution in [2.24, 2.45) is 0 Å². The number of carbonyl (C=O) groups is 1. The summed E-state index contributed by atoms with van der Waals surface area (Å²) in [6.07, 6.45) is 2.54. The minimum atomic E-state index is -0.305. The highest BCUT2D eigenvalue weighted by Gasteiger charge is 2.05. The second kappa shape index (κ2) is 8.05. The summed E-state index contributed by atoms with van der Waals surface area (Å²) < 4.78 is 1.81. The number of anilines is 1. The van der Waals surface area contributed by atoms with E-state index in [4.69, 9.17) is 23.2 Å². The van der Waals surface area contributed by atoms with Crippen LogP contribution >= 0.6 is 23.2 Å². The lowest BCUT2D eigenvalue weighted by molar-refractivity contribution is 0.252. The van der Waals surface area contributed by atoms with Crippen LogP contribution in [0.25, 0.3) is 5.69 Å². The van der Waals surface area contributed by atoms with Crippen molar-refractivity contribution in [2.45, 2.75) is 6.42 Å². The fourth-order valence-corrected chi connectivity index (χ4v) is 2.57. The van der Waals surface area contributed by atoms with E-state index < -0.39 is 0 Å². The Hall–Kier alpha value is -2.50. The van der Waals surface area contributed by atoms with Crippen LogP contribution in [-0.2, 0) is 6.42 Å². The molecule has 3 rings (SSSR count). The van der Waals surface area contributed by atoms with Gasteiger partial charge in [0.15, 0.2) is 0 Å². The normalized spacial score (nSPS) is 10.5. The molecular formula is C18H16Cl2N4O. The van der Waals surface area contributed by atoms with E-state index in [0.29, 0.717) is 28.7 Å². The highest BCUT2D eigenvalue weighted by Crippen LogP contribution is 2.24. The summed E-state index contributed by atoms with van der Waals surface area (Å²) in [5, 5.41) is 10.8. The number of aromatic nitrogens is 2. The van der Waals surface area contributed by atoms with E-state index in [1.54, 1.807) is 18.2 Å². The maximum Gasteiger partial charge on any atom is 0.319 e. The molecule has 2 aromatic carbocycles. The van der Waals surface area contributed by atoms with Crippen LogP contribution in [0.15, 0.2) is 60.8 Å². The number of halogens is 2. The molecule has 0 aliphatic heterocycles. The molecule has 0 aliphatic carbocycles. The van der Waals surface area contributed by atoms with Crippen molar-refractivity contribution in [3.63, 3.8) is 0 Å². The Labute approximate surface area is 155 Å². The van der Waals surface area contributed by atoms with Gasteiger partial charge >= 0.3 is 6.03 Å². The third-order valence-electron chi connectivity index (χ3n) is 3.51. The molecule has 128 valence electrons. The number of carbonyl (C=O) groups excluding carboxylic acids is 1. The van der Waals surface area contributed by atoms with Gasteiger partial charge in [0.1, 0.15) is 0 Å². The third-order valence-corrected chi connectivity index (χ3v) is 4.25. The van der Waals surface area contributed by atoms with Crippen molar-refractivity contribution in [3.8, 4) is 5.69 Å². The summed E-state index contributed by atoms with van der Waals surface area (Å²) in [5.41, 5.74) is 2.48. The van der Waals surface area contributed by atoms with Crippen molar-refractivity contribution < 1.29 is 4.79 Å². The van der Waals surface area contributed by atoms with Crippen LogP contribution < -0.4 is 10.6 Å². The van der Waals surface area contributed by atoms with Gasteiger partial charge in [-0.2, -0.15) is 5.10 Å². The second-order valence-corrected chi connectivity index (χ2v) is 6.16. The Kier molecular flexibility index (Phi) is 5.58. The Morgan fingerprint density at radius 2 is 1.84 bits per heavy atom. The van der Waals surface area contributed by atoms with Gasteiger partial charge in [0.05, 0.1) is 21.4 Å². The summed E-state index contributed by atoms with van der Waals surface area (Å²) in [4.78, 5) is 11.9. The first-order chi connectivity index (χ1) is 12.1. The topological polar surface area (TPSA) is 59.0 Å². The molecule has 0 atom stereocenters. The van der Waals surface area contributed by atoms with E-state index in [0.717, 1.165) is 11.4 Å². The van der Waals surface area contributed by atoms with E-state index in [1.165, 1.54) is 0 Å². The lowest BCUT2D eigenvalue weighted by atomic mass is 10.3. The molecule has 0 aliphatic rings. The van der Waals surface area contributed by atoms with Crippen molar-refractivity contribution in [2.75, 3.05) is 11.9 Å². The average molecular weight is 375 g/mol. The number of urea groups is 1. The fraction of sp³-hybridized carbons (Fsp3) is 0.111. The third kappa shape index (κ3) is 4.75. The molecule has 5 nitrogen and oxygen atoms in total. The quantitative estimate of drug-likeness (QED) is 0.688. The van der Waals surface area contributed by atoms with E-state index in [1.807, 2.05) is 47.3 Å². The summed E-state index contributed by atoms with van der Waals surface area (Å²) in [6.45, 7) is 0.471. The molecule has 1 heterocycles. The number of hydrogen-bond acceptors (Lipinski definition) is 2. The molecule has 7 heteroatoms. The predicted octanol–water partition coefficient (Wildman–Crippen LogP) is 4.54. The number of nitrogens with one attached hydrogen (secondary N) is 2. The Balaban J connectivity index is 1.48. The first-order valence-electron chi connectivity index (χ1n) is 7.72. The molecule has 0 saturated heterocycles. The molecule has 0 unspecified atom stereocenters. The largest absolute Gasteiger partial charge is 0.337 e. The van der Waals surface area contributed by atoms with Crippen molar-refractivity contribution in [3.05, 3.63) is 76.5 Å². The highest BCUT2D eigenvalue weighted by atomic mass is 35.5. The van der Waals surface area contributed by atoms with Gasteiger partial charge in [-0.15, -0.1) is 0 Å². The van der Waals surface area contributed by atoms with Crippen LogP contribution in [-0.4, -0.2) is 22.4 Å². The number of hydrogen-bond donors (Lipinski definition) is 2. The predicted molar refractivity (Wildman–Crippen MR) is 101 cm³/mol. The maximum absolute atomic E-state index is 11.9. The SMILES string of the molecule is O=C(NCCc1ccn(-c2ccccc2)n1)Nc1ccc(Cl)c(Cl)c1. The number of rotatable bonds is 5. The van der Waals surface area contributed by atoms with Crippen molar-refractivity contribution >= 4 is 34.9 Å². The van der Waals surface area contributed by atoms with Crippen LogP contribution in [0.3, 0.4) is 0 Å². The first-order valence-corrected chi connectivity index (χ1v) is 8.47. The standard InChI is InChI=1S/C18H16Cl2N4O/c19-16-7-6-14(12-17(16)20)22-18(25)21-10-8-13-9-11-24(23-13)15-4-2-1-3-5-15/h1-7,9,11-12H,8,10H2,(H2,21,22,25). The maximum atomic E-state index is 11.9. The van der Waals surface area contributed by atoms with Gasteiger partial charge in [0.2, 0.25) is 0 Å². The molecule has 0 bridgehead atoms. The molecule has 2 amide bonds. The number of para-hydroxylation sites is 1. The van der Waals surface area contributed by atoms with Gasteiger partial charge in [0.25, 0.3) is 0 Å². The molecule has 0 spiro atoms. The lowest BCUT2D eigenvalue weighted by Gasteiger charge is -2.07. The number of benzene rings is 2. The zero-order valence-electron chi connectivity index (χ0n) is 13.2. The van der Waals surface area contributed by atoms with Gasteiger partial charge in [-0.3, -0.25) is 0 Å². The van der Waals surface area contributed by atoms with Crippen LogP contribution in [0, 0.1) is 0 Å². The van der Waals surface area contributed by atoms with Gasteiger partial charge < -0.3 is 10.6 Å². The Bertz CT molecular complexity index is 865. The van der Waals surface area contributed by atoms with Crippen molar-refractivity contribution in [1.82, 2.24) is 15.1 Å². The average Bonchev–Trinajstić information content (AvgIpc) is 3.08. The molecule has 0 fully saturated rings. The summed E-state index contributed by atoms with van der Waals surface area (Å²) in [5.74, 6) is 0. The minimum absolute atomic E-state index is 0.305. The summed E-state index contributed by atoms with van der Waals surface area (Å²) in [7, 11) is 0. The molecule has 0 radical (unpaired) electrons. The summed E-state index contributed by atoms with van der Waals surface area (Å²) in [6, 6.07) is 16.4. The highest BCUT2D eigenvalue weighted by molar-refractivity contribution is 6.42. The van der Waals surface area contributed by atoms with Gasteiger partial charge in [0, 0.05) is 24.8 Å². The molecule has 0 saturated carbocycles. The number of amides is 2. The first kappa shape index (κ1) is 17.3. The second-order valence-electron chi connectivity index (χ2n) is 5.35. The zero-order chi connectivity index (χ0) is 17.6. The van der Waals surface area contributed by atoms with Crippen molar-refractivity contribution in [1.29, 1.82) is 0 Å². The van der Waals surface area contributed by atoms with E-state index in [9.17, 15) is 4.79 Å². The van der Waals surface area contributed by atoms with Gasteiger partial charge in [-0.05, 0) is 36.4 Å². The van der Waals surface area contributed by atoms with E-state index in [-0.39, 0.29) is 6.03 Å². The molecule has 1 aromatic heterocycles. The molecule has 25 heavy (non-hydrogen) atoms. The molecule has 3 aromatic rings. The minimum Gasteiger partial charge on any atom is -0.337 e. The monoisotopic (exact) mass is 374 g/mol. The lowest BCUT2D eigenvalue weighted by Crippen LogP contribution is -2.30. The van der Waals surface area contributed by atoms with Crippen LogP contribution in [0.2, 0.25) is 10.0 Å². The summed E-state index contributed by atoms with van der Waals surface area (Å²) >= 11 is 11.8. The zero-order valence-corrected chi connectivity index (χ0v) is 14.8. The van der Waals surface area contributed by atoms with Gasteiger partial charge in [-0.1, -0.05) is 41.4 Å². The number of nitrogens with zero attached hydrogens (tertiary/aromatic N) is 2. The van der Waals surface area contributed by atoms with Crippen LogP contribution in [0.4, 0.5) is 10.5 Å². The Morgan fingerprint density at radius 3 is 2.60 bits per heavy atom. The fourth-order valence-electron chi connectivity index (χ4n) is 2.27. The Morgan fingerprint density at radius 1 is 1.04 bits per heavy atom. The van der Waals surface area contributed by atoms with Crippen LogP contribution in [0.1, 0.15) is 5.69 Å². The van der Waals surface area contributed by atoms with E-state index in [2.05, 4.69) is 15.7 Å². The van der Waals surface area contributed by atoms with Crippen LogP contribution in [0.5, 0.6) is 0 Å². The van der Waals surface area contributed by atoms with E-state index >= 15 is 0 Å². The smallest absolute Gasteiger partial charge is 0.319 e. The van der Waals surface area contributed by atoms with Gasteiger partial charge in [-0.25, -0.2) is 9.48 Å². The molecule has 2 N–H and O–H groups in total.